The highest BCUT2D eigenvalue weighted by molar-refractivity contribution is 6.39. The minimum absolute atomic E-state index is 0.0208. The van der Waals surface area contributed by atoms with Crippen molar-refractivity contribution in [2.24, 2.45) is 0 Å². The Kier molecular flexibility index (Phi) is 8.27. The number of ether oxygens (including phenoxy) is 1. The fourth-order valence-corrected chi connectivity index (χ4v) is 5.97. The largest absolute Gasteiger partial charge is 0.508 e. The Balaban J connectivity index is 1.44. The maximum Gasteiger partial charge on any atom is 0.344 e. The molecule has 1 N–H and O–H groups in total. The van der Waals surface area contributed by atoms with Crippen LogP contribution < -0.4 is 10.4 Å². The van der Waals surface area contributed by atoms with E-state index in [0.29, 0.717) is 45.2 Å². The lowest BCUT2D eigenvalue weighted by atomic mass is 9.93. The summed E-state index contributed by atoms with van der Waals surface area (Å²) in [6, 6.07) is 16.3. The summed E-state index contributed by atoms with van der Waals surface area (Å²) in [4.78, 5) is 15.8. The lowest BCUT2D eigenvalue weighted by Gasteiger charge is -2.19. The van der Waals surface area contributed by atoms with Gasteiger partial charge in [0.25, 0.3) is 0 Å². The highest BCUT2D eigenvalue weighted by Gasteiger charge is 2.22. The molecule has 0 bridgehead atoms. The Morgan fingerprint density at radius 2 is 1.61 bits per heavy atom. The number of phenolic OH excluding ortho intramolecular Hbond substituents is 1. The van der Waals surface area contributed by atoms with Crippen molar-refractivity contribution in [1.82, 2.24) is 4.90 Å². The topological polar surface area (TPSA) is 62.9 Å². The van der Waals surface area contributed by atoms with Crippen molar-refractivity contribution in [3.63, 3.8) is 0 Å². The summed E-state index contributed by atoms with van der Waals surface area (Å²) in [5.74, 6) is 0.836. The van der Waals surface area contributed by atoms with E-state index in [1.807, 2.05) is 31.2 Å². The Bertz CT molecular complexity index is 1470. The van der Waals surface area contributed by atoms with E-state index in [4.69, 9.17) is 32.4 Å². The predicted octanol–water partition coefficient (Wildman–Crippen LogP) is 7.63. The van der Waals surface area contributed by atoms with Crippen LogP contribution in [-0.2, 0) is 6.42 Å². The molecule has 198 valence electrons. The summed E-state index contributed by atoms with van der Waals surface area (Å²) in [5, 5.41) is 11.5. The summed E-state index contributed by atoms with van der Waals surface area (Å²) >= 11 is 13.2. The number of benzene rings is 3. The molecular formula is C31H31Cl2NO4. The summed E-state index contributed by atoms with van der Waals surface area (Å²) in [7, 11) is 0. The van der Waals surface area contributed by atoms with E-state index >= 15 is 0 Å². The van der Waals surface area contributed by atoms with Gasteiger partial charge in [0.2, 0.25) is 0 Å². The van der Waals surface area contributed by atoms with Crippen LogP contribution in [0.25, 0.3) is 22.1 Å². The van der Waals surface area contributed by atoms with Crippen LogP contribution in [0.1, 0.15) is 42.4 Å². The second-order valence-corrected chi connectivity index (χ2v) is 10.8. The number of aryl methyl sites for hydroxylation is 1. The smallest absolute Gasteiger partial charge is 0.344 e. The van der Waals surface area contributed by atoms with Crippen molar-refractivity contribution in [3.05, 3.63) is 91.8 Å². The Hall–Kier alpha value is -2.99. The zero-order valence-corrected chi connectivity index (χ0v) is 22.9. The van der Waals surface area contributed by atoms with Crippen molar-refractivity contribution in [3.8, 4) is 22.6 Å². The molecule has 3 aromatic carbocycles. The fourth-order valence-electron chi connectivity index (χ4n) is 5.19. The number of rotatable bonds is 7. The van der Waals surface area contributed by atoms with Gasteiger partial charge in [-0.1, -0.05) is 48.2 Å². The predicted molar refractivity (Wildman–Crippen MR) is 154 cm³/mol. The fraction of sp³-hybridized carbons (Fsp3) is 0.323. The zero-order valence-electron chi connectivity index (χ0n) is 21.4. The van der Waals surface area contributed by atoms with Crippen LogP contribution >= 0.6 is 23.2 Å². The molecular weight excluding hydrogens is 521 g/mol. The lowest BCUT2D eigenvalue weighted by Crippen LogP contribution is -2.29. The highest BCUT2D eigenvalue weighted by Crippen LogP contribution is 2.39. The summed E-state index contributed by atoms with van der Waals surface area (Å²) < 4.78 is 11.6. The monoisotopic (exact) mass is 551 g/mol. The maximum atomic E-state index is 13.3. The van der Waals surface area contributed by atoms with Gasteiger partial charge in [0.05, 0.1) is 15.6 Å². The molecule has 7 heteroatoms. The Morgan fingerprint density at radius 3 is 2.29 bits per heavy atom. The van der Waals surface area contributed by atoms with E-state index in [1.54, 1.807) is 24.3 Å². The third kappa shape index (κ3) is 6.01. The van der Waals surface area contributed by atoms with Crippen molar-refractivity contribution in [2.75, 3.05) is 26.2 Å². The van der Waals surface area contributed by atoms with E-state index in [-0.39, 0.29) is 5.75 Å². The first kappa shape index (κ1) is 26.6. The van der Waals surface area contributed by atoms with E-state index in [2.05, 4.69) is 4.90 Å². The van der Waals surface area contributed by atoms with E-state index in [0.717, 1.165) is 42.1 Å². The first-order valence-corrected chi connectivity index (χ1v) is 13.8. The number of phenols is 1. The third-order valence-corrected chi connectivity index (χ3v) is 7.71. The normalized spacial score (nSPS) is 14.5. The quantitative estimate of drug-likeness (QED) is 0.239. The molecule has 2 heterocycles. The molecule has 0 unspecified atom stereocenters. The molecule has 1 saturated heterocycles. The first-order valence-electron chi connectivity index (χ1n) is 13.1. The lowest BCUT2D eigenvalue weighted by molar-refractivity contribution is 0.214. The maximum absolute atomic E-state index is 13.3. The molecule has 1 fully saturated rings. The first-order chi connectivity index (χ1) is 18.4. The molecule has 0 amide bonds. The summed E-state index contributed by atoms with van der Waals surface area (Å²) in [6.45, 7) is 5.78. The Labute approximate surface area is 232 Å². The van der Waals surface area contributed by atoms with Crippen LogP contribution in [0.4, 0.5) is 0 Å². The van der Waals surface area contributed by atoms with Gasteiger partial charge >= 0.3 is 5.63 Å². The van der Waals surface area contributed by atoms with Gasteiger partial charge in [-0.3, -0.25) is 4.90 Å². The number of hydrogen-bond acceptors (Lipinski definition) is 5. The second-order valence-electron chi connectivity index (χ2n) is 9.95. The molecule has 5 rings (SSSR count). The van der Waals surface area contributed by atoms with Crippen LogP contribution in [-0.4, -0.2) is 36.2 Å². The average molecular weight is 552 g/mol. The van der Waals surface area contributed by atoms with Gasteiger partial charge in [-0.15, -0.1) is 0 Å². The van der Waals surface area contributed by atoms with Gasteiger partial charge in [0, 0.05) is 23.6 Å². The molecule has 0 radical (unpaired) electrons. The van der Waals surface area contributed by atoms with Crippen molar-refractivity contribution < 1.29 is 14.3 Å². The van der Waals surface area contributed by atoms with Crippen molar-refractivity contribution >= 4 is 34.2 Å². The molecule has 1 aromatic heterocycles. The minimum atomic E-state index is -0.556. The van der Waals surface area contributed by atoms with E-state index < -0.39 is 5.63 Å². The van der Waals surface area contributed by atoms with Crippen LogP contribution in [0.3, 0.4) is 0 Å². The Morgan fingerprint density at radius 1 is 0.921 bits per heavy atom. The van der Waals surface area contributed by atoms with Gasteiger partial charge in [-0.2, -0.15) is 0 Å². The van der Waals surface area contributed by atoms with Gasteiger partial charge in [-0.05, 0) is 92.4 Å². The van der Waals surface area contributed by atoms with Crippen LogP contribution in [0, 0.1) is 6.92 Å². The number of nitrogens with zero attached hydrogens (tertiary/aromatic N) is 1. The van der Waals surface area contributed by atoms with Gasteiger partial charge in [0.15, 0.2) is 0 Å². The number of likely N-dealkylation sites (tertiary alicyclic amines) is 1. The SMILES string of the molecule is Cc1cc(Cl)c(-c2c(Cc3ccc(OCCN4CCCCCC4)cc3)c3ccc(O)cc3oc2=O)c(Cl)c1. The highest BCUT2D eigenvalue weighted by atomic mass is 35.5. The molecule has 0 spiro atoms. The summed E-state index contributed by atoms with van der Waals surface area (Å²) in [5.41, 5.74) is 3.15. The van der Waals surface area contributed by atoms with E-state index in [1.165, 1.54) is 31.7 Å². The van der Waals surface area contributed by atoms with Crippen LogP contribution in [0.2, 0.25) is 10.0 Å². The molecule has 38 heavy (non-hydrogen) atoms. The zero-order chi connectivity index (χ0) is 26.6. The van der Waals surface area contributed by atoms with Gasteiger partial charge in [-0.25, -0.2) is 4.79 Å². The second kappa shape index (κ2) is 11.8. The number of hydrogen-bond donors (Lipinski definition) is 1. The molecule has 1 aliphatic heterocycles. The molecule has 0 aliphatic carbocycles. The van der Waals surface area contributed by atoms with E-state index in [9.17, 15) is 9.90 Å². The summed E-state index contributed by atoms with van der Waals surface area (Å²) in [6.07, 6.45) is 5.62. The van der Waals surface area contributed by atoms with Crippen LogP contribution in [0.15, 0.2) is 63.8 Å². The third-order valence-electron chi connectivity index (χ3n) is 7.11. The number of fused-ring (bicyclic) bond motifs is 1. The molecule has 1 aliphatic rings. The van der Waals surface area contributed by atoms with Gasteiger partial charge in [0.1, 0.15) is 23.7 Å². The van der Waals surface area contributed by atoms with Crippen LogP contribution in [0.5, 0.6) is 11.5 Å². The minimum Gasteiger partial charge on any atom is -0.508 e. The van der Waals surface area contributed by atoms with Crippen molar-refractivity contribution in [2.45, 2.75) is 39.0 Å². The molecule has 0 saturated carbocycles. The molecule has 5 nitrogen and oxygen atoms in total. The average Bonchev–Trinajstić information content (AvgIpc) is 3.15. The number of halogens is 2. The molecule has 0 atom stereocenters. The standard InChI is InChI=1S/C31H31Cl2NO4/c1-20-16-26(32)30(27(33)17-20)29-25(24-11-8-22(35)19-28(24)38-31(29)36)18-21-6-9-23(10-7-21)37-15-14-34-12-4-2-3-5-13-34/h6-11,16-17,19,35H,2-5,12-15,18H2,1H3. The molecule has 4 aromatic rings. The number of aromatic hydroxyl groups is 1. The van der Waals surface area contributed by atoms with Gasteiger partial charge < -0.3 is 14.3 Å². The van der Waals surface area contributed by atoms with Crippen molar-refractivity contribution in [1.29, 1.82) is 0 Å².